The number of carbonyl (C=O) groups is 1. The molecule has 8 heteroatoms. The highest BCUT2D eigenvalue weighted by atomic mass is 19.4. The van der Waals surface area contributed by atoms with Crippen molar-refractivity contribution >= 4 is 5.91 Å². The lowest BCUT2D eigenvalue weighted by Crippen LogP contribution is -2.42. The van der Waals surface area contributed by atoms with E-state index < -0.39 is 17.3 Å². The molecule has 4 atom stereocenters. The third-order valence-corrected chi connectivity index (χ3v) is 7.89. The van der Waals surface area contributed by atoms with Gasteiger partial charge in [-0.05, 0) is 56.1 Å². The van der Waals surface area contributed by atoms with Crippen molar-refractivity contribution in [3.8, 4) is 0 Å². The van der Waals surface area contributed by atoms with Crippen LogP contribution in [0.1, 0.15) is 56.0 Å². The number of rotatable bonds is 2. The Morgan fingerprint density at radius 1 is 1.20 bits per heavy atom. The molecule has 164 valence electrons. The summed E-state index contributed by atoms with van der Waals surface area (Å²) in [5, 5.41) is 3.74. The van der Waals surface area contributed by atoms with E-state index in [4.69, 9.17) is 4.74 Å². The first kappa shape index (κ1) is 20.2. The van der Waals surface area contributed by atoms with E-state index in [-0.39, 0.29) is 24.4 Å². The first-order chi connectivity index (χ1) is 14.3. The highest BCUT2D eigenvalue weighted by Gasteiger charge is 2.60. The van der Waals surface area contributed by atoms with E-state index >= 15 is 0 Å². The number of fused-ring (bicyclic) bond motifs is 2. The molecule has 1 aromatic heterocycles. The molecule has 1 spiro atoms. The maximum atomic E-state index is 13.5. The molecule has 0 radical (unpaired) electrons. The Labute approximate surface area is 174 Å². The number of nitrogens with one attached hydrogen (secondary N) is 1. The van der Waals surface area contributed by atoms with Gasteiger partial charge >= 0.3 is 6.18 Å². The van der Waals surface area contributed by atoms with Crippen molar-refractivity contribution < 1.29 is 22.7 Å². The molecule has 0 bridgehead atoms. The van der Waals surface area contributed by atoms with Gasteiger partial charge in [-0.1, -0.05) is 13.0 Å². The molecule has 1 N–H and O–H groups in total. The molecule has 3 unspecified atom stereocenters. The van der Waals surface area contributed by atoms with Gasteiger partial charge < -0.3 is 15.0 Å². The zero-order valence-corrected chi connectivity index (χ0v) is 17.2. The first-order valence-corrected chi connectivity index (χ1v) is 11.0. The van der Waals surface area contributed by atoms with Crippen LogP contribution in [0.25, 0.3) is 0 Å². The maximum absolute atomic E-state index is 13.5. The molecule has 4 heterocycles. The lowest BCUT2D eigenvalue weighted by molar-refractivity contribution is -0.141. The van der Waals surface area contributed by atoms with Crippen molar-refractivity contribution in [2.75, 3.05) is 13.2 Å². The summed E-state index contributed by atoms with van der Waals surface area (Å²) in [6.45, 7) is 3.91. The Balaban J connectivity index is 1.34. The van der Waals surface area contributed by atoms with Crippen LogP contribution in [0.5, 0.6) is 0 Å². The minimum Gasteiger partial charge on any atom is -0.381 e. The quantitative estimate of drug-likeness (QED) is 0.793. The van der Waals surface area contributed by atoms with Gasteiger partial charge in [-0.3, -0.25) is 4.79 Å². The Morgan fingerprint density at radius 2 is 1.97 bits per heavy atom. The van der Waals surface area contributed by atoms with E-state index in [0.717, 1.165) is 56.9 Å². The van der Waals surface area contributed by atoms with Crippen LogP contribution in [0.3, 0.4) is 0 Å². The van der Waals surface area contributed by atoms with Crippen LogP contribution in [0.2, 0.25) is 0 Å². The predicted octanol–water partition coefficient (Wildman–Crippen LogP) is 3.31. The molecule has 3 aliphatic heterocycles. The maximum Gasteiger partial charge on any atom is 0.433 e. The Bertz CT molecular complexity index is 839. The molecule has 0 aromatic carbocycles. The summed E-state index contributed by atoms with van der Waals surface area (Å²) in [4.78, 5) is 19.2. The summed E-state index contributed by atoms with van der Waals surface area (Å²) < 4.78 is 44.7. The van der Waals surface area contributed by atoms with Crippen molar-refractivity contribution in [2.24, 2.45) is 11.3 Å². The van der Waals surface area contributed by atoms with Crippen LogP contribution < -0.4 is 5.32 Å². The third kappa shape index (κ3) is 3.23. The fourth-order valence-electron chi connectivity index (χ4n) is 6.17. The largest absolute Gasteiger partial charge is 0.433 e. The Kier molecular flexibility index (Phi) is 4.85. The molecule has 1 amide bonds. The second-order valence-corrected chi connectivity index (χ2v) is 9.44. The molecule has 1 aliphatic carbocycles. The summed E-state index contributed by atoms with van der Waals surface area (Å²) in [5.41, 5.74) is -0.0392. The minimum atomic E-state index is -4.47. The van der Waals surface area contributed by atoms with Gasteiger partial charge in [0.1, 0.15) is 5.69 Å². The molecular weight excluding hydrogens is 395 g/mol. The molecular formula is C22H28F3N3O2. The second kappa shape index (κ2) is 7.19. The predicted molar refractivity (Wildman–Crippen MR) is 103 cm³/mol. The monoisotopic (exact) mass is 423 g/mol. The van der Waals surface area contributed by atoms with Crippen LogP contribution in [-0.2, 0) is 28.7 Å². The highest BCUT2D eigenvalue weighted by molar-refractivity contribution is 5.86. The lowest BCUT2D eigenvalue weighted by Gasteiger charge is -2.33. The van der Waals surface area contributed by atoms with E-state index in [1.165, 1.54) is 0 Å². The number of carbonyl (C=O) groups excluding carboxylic acids is 1. The van der Waals surface area contributed by atoms with E-state index in [1.807, 2.05) is 4.90 Å². The Hall–Kier alpha value is -1.67. The zero-order chi connectivity index (χ0) is 21.1. The number of alkyl halides is 3. The molecule has 3 fully saturated rings. The number of amides is 1. The summed E-state index contributed by atoms with van der Waals surface area (Å²) in [6, 6.07) is 3.43. The van der Waals surface area contributed by atoms with Gasteiger partial charge in [-0.25, -0.2) is 4.98 Å². The Morgan fingerprint density at radius 3 is 2.70 bits per heavy atom. The minimum absolute atomic E-state index is 0.0466. The zero-order valence-electron chi connectivity index (χ0n) is 17.2. The van der Waals surface area contributed by atoms with Gasteiger partial charge in [0.05, 0.1) is 17.7 Å². The number of hydrogen-bond donors (Lipinski definition) is 1. The van der Waals surface area contributed by atoms with Gasteiger partial charge in [-0.15, -0.1) is 0 Å². The fraction of sp³-hybridized carbons (Fsp3) is 0.727. The number of pyridine rings is 1. The summed E-state index contributed by atoms with van der Waals surface area (Å²) in [6.07, 6.45) is 0.760. The molecule has 5 nitrogen and oxygen atoms in total. The van der Waals surface area contributed by atoms with Gasteiger partial charge in [0.25, 0.3) is 0 Å². The number of halogens is 3. The number of aromatic nitrogens is 1. The average Bonchev–Trinajstić information content (AvgIpc) is 3.23. The van der Waals surface area contributed by atoms with Gasteiger partial charge in [0.15, 0.2) is 0 Å². The normalized spacial score (nSPS) is 34.5. The lowest BCUT2D eigenvalue weighted by atomic mass is 9.73. The standard InChI is InChI=1S/C22H28F3N3O2/c1-13-18-10-14-2-3-19(22(23,24)25)27-17(14)12-28(18)20(29)21(13)7-4-16(11-21)26-15-5-8-30-9-6-15/h2-3,13,15-16,18,26H,4-12H2,1H3/t13?,16?,18?,21-/m0/s1. The molecule has 4 aliphatic rings. The average molecular weight is 423 g/mol. The molecule has 1 aromatic rings. The van der Waals surface area contributed by atoms with Crippen LogP contribution >= 0.6 is 0 Å². The van der Waals surface area contributed by atoms with Crippen LogP contribution in [0, 0.1) is 11.3 Å². The van der Waals surface area contributed by atoms with Crippen LogP contribution in [-0.4, -0.2) is 47.1 Å². The molecule has 1 saturated carbocycles. The summed E-state index contributed by atoms with van der Waals surface area (Å²) >= 11 is 0. The first-order valence-electron chi connectivity index (χ1n) is 11.0. The van der Waals surface area contributed by atoms with E-state index in [1.54, 1.807) is 6.07 Å². The SMILES string of the molecule is CC1C2Cc3ccc(C(F)(F)F)nc3CN2C(=O)[C@]12CCC(NC1CCOCC1)C2. The van der Waals surface area contributed by atoms with E-state index in [9.17, 15) is 18.0 Å². The second-order valence-electron chi connectivity index (χ2n) is 9.44. The van der Waals surface area contributed by atoms with Crippen LogP contribution in [0.4, 0.5) is 13.2 Å². The summed E-state index contributed by atoms with van der Waals surface area (Å²) in [7, 11) is 0. The van der Waals surface area contributed by atoms with Gasteiger partial charge in [0.2, 0.25) is 5.91 Å². The third-order valence-electron chi connectivity index (χ3n) is 7.89. The van der Waals surface area contributed by atoms with E-state index in [0.29, 0.717) is 24.2 Å². The number of ether oxygens (including phenoxy) is 1. The van der Waals surface area contributed by atoms with Crippen molar-refractivity contribution in [1.29, 1.82) is 0 Å². The number of hydrogen-bond acceptors (Lipinski definition) is 4. The van der Waals surface area contributed by atoms with Crippen molar-refractivity contribution in [1.82, 2.24) is 15.2 Å². The molecule has 5 rings (SSSR count). The smallest absolute Gasteiger partial charge is 0.381 e. The topological polar surface area (TPSA) is 54.5 Å². The fourth-order valence-corrected chi connectivity index (χ4v) is 6.17. The summed E-state index contributed by atoms with van der Waals surface area (Å²) in [5.74, 6) is 0.295. The number of nitrogens with zero attached hydrogens (tertiary/aromatic N) is 2. The van der Waals surface area contributed by atoms with E-state index in [2.05, 4.69) is 17.2 Å². The molecule has 30 heavy (non-hydrogen) atoms. The van der Waals surface area contributed by atoms with Gasteiger partial charge in [-0.2, -0.15) is 13.2 Å². The molecule has 2 saturated heterocycles. The van der Waals surface area contributed by atoms with Crippen molar-refractivity contribution in [3.63, 3.8) is 0 Å². The van der Waals surface area contributed by atoms with Crippen molar-refractivity contribution in [3.05, 3.63) is 29.1 Å². The van der Waals surface area contributed by atoms with Crippen molar-refractivity contribution in [2.45, 2.75) is 76.3 Å². The van der Waals surface area contributed by atoms with Crippen LogP contribution in [0.15, 0.2) is 12.1 Å². The van der Waals surface area contributed by atoms with Gasteiger partial charge in [0, 0.05) is 31.3 Å². The highest BCUT2D eigenvalue weighted by Crippen LogP contribution is 2.54.